The molecule has 2 aromatic carbocycles. The summed E-state index contributed by atoms with van der Waals surface area (Å²) in [5, 5.41) is 6.29. The Bertz CT molecular complexity index is 2080. The number of aromatic amines is 1. The highest BCUT2D eigenvalue weighted by Gasteiger charge is 2.59. The zero-order chi connectivity index (χ0) is 45.2. The first-order chi connectivity index (χ1) is 29.6. The first-order valence-corrected chi connectivity index (χ1v) is 19.5. The standard InChI is InChI=1S/C43H51N3O16/c1-7-16-55-17-18-56-19-20-58-43(42(53)54-6)23-35(59-27(3)48)39(46-38(52)25-57-26(2)47)41(62-43)40(61-29(5)50)36(60-28(4)49)24-45-37(51)21-30-8-10-31(11-9-30)32-12-13-34-33(22-32)14-15-44-34/h1,8-15,22,35-36,39-41,44H,16-21,23-25H2,2-6H3,(H,45,51)(H,46,52)/t35-,36+,39+,40+,41+,43+/m0/s1. The van der Waals surface area contributed by atoms with E-state index in [0.29, 0.717) is 5.56 Å². The Hall–Kier alpha value is -6.33. The van der Waals surface area contributed by atoms with Crippen LogP contribution in [-0.4, -0.2) is 136 Å². The van der Waals surface area contributed by atoms with Crippen molar-refractivity contribution >= 4 is 52.6 Å². The predicted octanol–water partition coefficient (Wildman–Crippen LogP) is 1.68. The van der Waals surface area contributed by atoms with Gasteiger partial charge in [0, 0.05) is 39.4 Å². The highest BCUT2D eigenvalue weighted by molar-refractivity contribution is 5.85. The van der Waals surface area contributed by atoms with Crippen LogP contribution in [0.15, 0.2) is 54.7 Å². The fraction of sp³-hybridized carbons (Fsp3) is 0.465. The van der Waals surface area contributed by atoms with Gasteiger partial charge in [-0.1, -0.05) is 36.3 Å². The second kappa shape index (κ2) is 23.6. The molecule has 19 nitrogen and oxygen atoms in total. The van der Waals surface area contributed by atoms with Crippen molar-refractivity contribution in [2.24, 2.45) is 0 Å². The molecule has 2 amide bonds. The lowest BCUT2D eigenvalue weighted by Crippen LogP contribution is -2.70. The van der Waals surface area contributed by atoms with Crippen molar-refractivity contribution in [3.8, 4) is 23.5 Å². The summed E-state index contributed by atoms with van der Waals surface area (Å²) in [5.74, 6) is -6.15. The Kier molecular flexibility index (Phi) is 18.4. The number of terminal acetylenes is 1. The van der Waals surface area contributed by atoms with E-state index >= 15 is 0 Å². The number of ether oxygens (including phenoxy) is 9. The minimum absolute atomic E-state index is 0.0687. The van der Waals surface area contributed by atoms with Crippen LogP contribution in [0.2, 0.25) is 0 Å². The number of aromatic nitrogens is 1. The number of hydrogen-bond acceptors (Lipinski definition) is 16. The lowest BCUT2D eigenvalue weighted by atomic mass is 9.87. The first kappa shape index (κ1) is 48.3. The molecule has 1 aromatic heterocycles. The van der Waals surface area contributed by atoms with Crippen molar-refractivity contribution in [3.63, 3.8) is 0 Å². The van der Waals surface area contributed by atoms with E-state index < -0.39 is 97.5 Å². The maximum atomic E-state index is 13.6. The molecule has 1 aliphatic heterocycles. The van der Waals surface area contributed by atoms with Crippen molar-refractivity contribution in [2.45, 2.75) is 76.8 Å². The SMILES string of the molecule is C#CCOCCOCCO[C@]1(C(=O)OC)C[C@H](OC(C)=O)[C@@H](NC(=O)COC(C)=O)[C@H]([C@H](OC(C)=O)[C@@H](CNC(=O)Cc2ccc(-c3ccc4[nH]ccc4c3)cc2)OC(C)=O)O1. The summed E-state index contributed by atoms with van der Waals surface area (Å²) in [4.78, 5) is 93.0. The van der Waals surface area contributed by atoms with Crippen LogP contribution < -0.4 is 10.6 Å². The number of esters is 5. The summed E-state index contributed by atoms with van der Waals surface area (Å²) in [6.07, 6.45) is -0.261. The summed E-state index contributed by atoms with van der Waals surface area (Å²) < 4.78 is 49.8. The maximum Gasteiger partial charge on any atom is 0.366 e. The van der Waals surface area contributed by atoms with Crippen LogP contribution in [0.25, 0.3) is 22.0 Å². The highest BCUT2D eigenvalue weighted by Crippen LogP contribution is 2.37. The monoisotopic (exact) mass is 865 g/mol. The largest absolute Gasteiger partial charge is 0.465 e. The molecule has 1 fully saturated rings. The maximum absolute atomic E-state index is 13.6. The molecule has 3 aromatic rings. The topological polar surface area (TPSA) is 242 Å². The summed E-state index contributed by atoms with van der Waals surface area (Å²) >= 11 is 0. The molecular weight excluding hydrogens is 814 g/mol. The normalized spacial score (nSPS) is 19.2. The van der Waals surface area contributed by atoms with E-state index in [-0.39, 0.29) is 39.5 Å². The van der Waals surface area contributed by atoms with E-state index in [1.165, 1.54) is 0 Å². The fourth-order valence-electron chi connectivity index (χ4n) is 6.66. The third-order valence-corrected chi connectivity index (χ3v) is 9.23. The van der Waals surface area contributed by atoms with Gasteiger partial charge in [0.15, 0.2) is 18.8 Å². The molecule has 0 aliphatic carbocycles. The van der Waals surface area contributed by atoms with Gasteiger partial charge in [0.2, 0.25) is 5.91 Å². The van der Waals surface area contributed by atoms with E-state index in [1.807, 2.05) is 42.6 Å². The molecule has 1 saturated heterocycles. The van der Waals surface area contributed by atoms with Crippen LogP contribution in [0.3, 0.4) is 0 Å². The highest BCUT2D eigenvalue weighted by atomic mass is 16.7. The van der Waals surface area contributed by atoms with Gasteiger partial charge in [-0.25, -0.2) is 4.79 Å². The first-order valence-electron chi connectivity index (χ1n) is 19.5. The van der Waals surface area contributed by atoms with Crippen molar-refractivity contribution < 1.29 is 76.2 Å². The van der Waals surface area contributed by atoms with E-state index in [4.69, 9.17) is 49.1 Å². The Morgan fingerprint density at radius 1 is 0.855 bits per heavy atom. The zero-order valence-corrected chi connectivity index (χ0v) is 35.1. The molecule has 4 rings (SSSR count). The van der Waals surface area contributed by atoms with Gasteiger partial charge in [-0.05, 0) is 40.3 Å². The van der Waals surface area contributed by atoms with Gasteiger partial charge in [0.05, 0.1) is 59.0 Å². The third-order valence-electron chi connectivity index (χ3n) is 9.23. The van der Waals surface area contributed by atoms with E-state index in [9.17, 15) is 33.6 Å². The van der Waals surface area contributed by atoms with Crippen LogP contribution >= 0.6 is 0 Å². The molecule has 1 aliphatic rings. The number of benzene rings is 2. The van der Waals surface area contributed by atoms with Gasteiger partial charge >= 0.3 is 29.8 Å². The number of rotatable bonds is 22. The molecule has 2 heterocycles. The molecule has 3 N–H and O–H groups in total. The molecule has 6 atom stereocenters. The number of H-pyrrole nitrogens is 1. The van der Waals surface area contributed by atoms with Gasteiger partial charge in [-0.15, -0.1) is 6.42 Å². The number of methoxy groups -OCH3 is 1. The molecule has 0 bridgehead atoms. The quantitative estimate of drug-likeness (QED) is 0.0563. The Morgan fingerprint density at radius 3 is 2.21 bits per heavy atom. The van der Waals surface area contributed by atoms with Gasteiger partial charge < -0.3 is 58.2 Å². The van der Waals surface area contributed by atoms with E-state index in [1.54, 1.807) is 12.1 Å². The molecule has 334 valence electrons. The van der Waals surface area contributed by atoms with Crippen molar-refractivity contribution in [1.29, 1.82) is 0 Å². The molecule has 0 saturated carbocycles. The van der Waals surface area contributed by atoms with Crippen LogP contribution in [-0.2, 0) is 82.6 Å². The minimum Gasteiger partial charge on any atom is -0.465 e. The molecule has 0 spiro atoms. The van der Waals surface area contributed by atoms with Crippen molar-refractivity contribution in [1.82, 2.24) is 15.6 Å². The number of fused-ring (bicyclic) bond motifs is 1. The fourth-order valence-corrected chi connectivity index (χ4v) is 6.66. The molecular formula is C43H51N3O16. The Labute approximate surface area is 357 Å². The van der Waals surface area contributed by atoms with Gasteiger partial charge in [-0.3, -0.25) is 28.8 Å². The minimum atomic E-state index is -2.43. The number of amides is 2. The molecule has 62 heavy (non-hydrogen) atoms. The zero-order valence-electron chi connectivity index (χ0n) is 35.1. The lowest BCUT2D eigenvalue weighted by Gasteiger charge is -2.48. The third kappa shape index (κ3) is 14.4. The molecule has 19 heteroatoms. The van der Waals surface area contributed by atoms with Crippen molar-refractivity contribution in [2.75, 3.05) is 53.3 Å². The van der Waals surface area contributed by atoms with E-state index in [0.717, 1.165) is 56.8 Å². The smallest absolute Gasteiger partial charge is 0.366 e. The Balaban J connectivity index is 1.64. The lowest BCUT2D eigenvalue weighted by molar-refractivity contribution is -0.315. The summed E-state index contributed by atoms with van der Waals surface area (Å²) in [6.45, 7) is 2.85. The van der Waals surface area contributed by atoms with Gasteiger partial charge in [-0.2, -0.15) is 0 Å². The molecule has 0 radical (unpaired) electrons. The average molecular weight is 866 g/mol. The van der Waals surface area contributed by atoms with Gasteiger partial charge in [0.1, 0.15) is 18.8 Å². The summed E-state index contributed by atoms with van der Waals surface area (Å²) in [7, 11) is 1.04. The number of carbonyl (C=O) groups excluding carboxylic acids is 7. The second-order valence-electron chi connectivity index (χ2n) is 13.9. The van der Waals surface area contributed by atoms with Crippen LogP contribution in [0.5, 0.6) is 0 Å². The van der Waals surface area contributed by atoms with Crippen molar-refractivity contribution in [3.05, 3.63) is 60.3 Å². The van der Waals surface area contributed by atoms with Crippen LogP contribution in [0.4, 0.5) is 0 Å². The second-order valence-corrected chi connectivity index (χ2v) is 13.9. The number of hydrogen-bond donors (Lipinski definition) is 3. The summed E-state index contributed by atoms with van der Waals surface area (Å²) in [5.41, 5.74) is 3.55. The van der Waals surface area contributed by atoms with Crippen LogP contribution in [0, 0.1) is 12.3 Å². The Morgan fingerprint density at radius 2 is 1.55 bits per heavy atom. The number of nitrogens with one attached hydrogen (secondary N) is 3. The van der Waals surface area contributed by atoms with E-state index in [2.05, 4.69) is 21.5 Å². The average Bonchev–Trinajstić information content (AvgIpc) is 3.70. The van der Waals surface area contributed by atoms with Crippen LogP contribution in [0.1, 0.15) is 39.7 Å². The number of carbonyl (C=O) groups is 7. The predicted molar refractivity (Wildman–Crippen MR) is 216 cm³/mol. The molecule has 0 unspecified atom stereocenters. The van der Waals surface area contributed by atoms with Gasteiger partial charge in [0.25, 0.3) is 11.7 Å². The summed E-state index contributed by atoms with van der Waals surface area (Å²) in [6, 6.07) is 13.8.